The highest BCUT2D eigenvalue weighted by molar-refractivity contribution is 5.88. The van der Waals surface area contributed by atoms with Crippen LogP contribution in [0.3, 0.4) is 0 Å². The molecule has 5 rings (SSSR count). The van der Waals surface area contributed by atoms with Gasteiger partial charge in [-0.15, -0.1) is 0 Å². The number of hydrogen-bond donors (Lipinski definition) is 9. The number of aromatic hydroxyl groups is 3. The van der Waals surface area contributed by atoms with Crippen LogP contribution in [0.5, 0.6) is 23.0 Å². The van der Waals surface area contributed by atoms with Crippen molar-refractivity contribution in [3.05, 3.63) is 46.6 Å². The van der Waals surface area contributed by atoms with E-state index in [1.165, 1.54) is 31.2 Å². The molecule has 3 aromatic rings. The van der Waals surface area contributed by atoms with E-state index in [1.807, 2.05) is 0 Å². The summed E-state index contributed by atoms with van der Waals surface area (Å²) in [6, 6.07) is 7.63. The molecule has 1 aromatic heterocycles. The van der Waals surface area contributed by atoms with Crippen molar-refractivity contribution >= 4 is 11.0 Å². The monoisotopic (exact) mass is 594 g/mol. The summed E-state index contributed by atoms with van der Waals surface area (Å²) in [7, 11) is 0. The number of para-hydroxylation sites is 1. The highest BCUT2D eigenvalue weighted by Gasteiger charge is 2.47. The summed E-state index contributed by atoms with van der Waals surface area (Å²) in [6.07, 6.45) is -15.9. The van der Waals surface area contributed by atoms with Crippen molar-refractivity contribution in [3.8, 4) is 34.3 Å². The average molecular weight is 595 g/mol. The number of aliphatic hydroxyl groups is 6. The molecule has 0 spiro atoms. The molecule has 0 radical (unpaired) electrons. The second-order valence-electron chi connectivity index (χ2n) is 10.1. The molecule has 0 saturated carbocycles. The Balaban J connectivity index is 1.47. The molecule has 15 nitrogen and oxygen atoms in total. The summed E-state index contributed by atoms with van der Waals surface area (Å²) in [5.41, 5.74) is -1.29. The fourth-order valence-corrected chi connectivity index (χ4v) is 4.83. The van der Waals surface area contributed by atoms with Crippen LogP contribution < -0.4 is 10.2 Å². The van der Waals surface area contributed by atoms with Crippen molar-refractivity contribution in [2.24, 2.45) is 0 Å². The normalized spacial score (nSPS) is 33.5. The van der Waals surface area contributed by atoms with Crippen molar-refractivity contribution < 1.29 is 69.3 Å². The minimum atomic E-state index is -1.94. The molecule has 10 atom stereocenters. The zero-order valence-electron chi connectivity index (χ0n) is 21.9. The number of benzene rings is 2. The van der Waals surface area contributed by atoms with Crippen molar-refractivity contribution in [1.29, 1.82) is 0 Å². The number of hydrogen-bond acceptors (Lipinski definition) is 15. The fraction of sp³-hybridized carbons (Fsp3) is 0.444. The smallest absolute Gasteiger partial charge is 0.239 e. The minimum absolute atomic E-state index is 0.0431. The van der Waals surface area contributed by atoms with E-state index in [0.717, 1.165) is 12.1 Å². The quantitative estimate of drug-likeness (QED) is 0.159. The lowest BCUT2D eigenvalue weighted by atomic mass is 9.98. The molecule has 0 unspecified atom stereocenters. The number of aliphatic hydroxyl groups excluding tert-OH is 6. The molecule has 15 heteroatoms. The molecule has 0 amide bonds. The van der Waals surface area contributed by atoms with Gasteiger partial charge in [0.1, 0.15) is 70.9 Å². The Labute approximate surface area is 236 Å². The Hall–Kier alpha value is -3.51. The zero-order valence-corrected chi connectivity index (χ0v) is 21.9. The summed E-state index contributed by atoms with van der Waals surface area (Å²) in [5, 5.41) is 92.1. The van der Waals surface area contributed by atoms with Gasteiger partial charge in [0, 0.05) is 12.1 Å². The first-order chi connectivity index (χ1) is 19.9. The van der Waals surface area contributed by atoms with E-state index in [4.69, 9.17) is 23.4 Å². The van der Waals surface area contributed by atoms with Crippen molar-refractivity contribution in [2.45, 2.75) is 68.3 Å². The number of phenolic OH excluding ortho intramolecular Hbond substituents is 3. The largest absolute Gasteiger partial charge is 0.508 e. The first kappa shape index (κ1) is 30.0. The molecular formula is C27H30O15. The van der Waals surface area contributed by atoms with Gasteiger partial charge in [-0.25, -0.2) is 0 Å². The summed E-state index contributed by atoms with van der Waals surface area (Å²) in [4.78, 5) is 13.6. The predicted molar refractivity (Wildman–Crippen MR) is 139 cm³/mol. The lowest BCUT2D eigenvalue weighted by Crippen LogP contribution is -2.61. The van der Waals surface area contributed by atoms with E-state index in [2.05, 4.69) is 0 Å². The molecule has 2 saturated heterocycles. The molecule has 0 aliphatic carbocycles. The first-order valence-corrected chi connectivity index (χ1v) is 12.9. The maximum atomic E-state index is 13.6. The number of ether oxygens (including phenoxy) is 4. The maximum Gasteiger partial charge on any atom is 0.239 e. The van der Waals surface area contributed by atoms with Gasteiger partial charge in [0.2, 0.25) is 17.5 Å². The predicted octanol–water partition coefficient (Wildman–Crippen LogP) is -1.39. The molecule has 42 heavy (non-hydrogen) atoms. The van der Waals surface area contributed by atoms with Crippen LogP contribution in [0.1, 0.15) is 6.92 Å². The van der Waals surface area contributed by atoms with E-state index in [1.54, 1.807) is 0 Å². The van der Waals surface area contributed by atoms with Gasteiger partial charge in [0.25, 0.3) is 0 Å². The van der Waals surface area contributed by atoms with Crippen LogP contribution in [0.2, 0.25) is 0 Å². The van der Waals surface area contributed by atoms with E-state index in [9.17, 15) is 50.8 Å². The Morgan fingerprint density at radius 1 is 0.786 bits per heavy atom. The van der Waals surface area contributed by atoms with Crippen LogP contribution in [0.15, 0.2) is 45.6 Å². The summed E-state index contributed by atoms with van der Waals surface area (Å²) in [6.45, 7) is 0.850. The summed E-state index contributed by atoms with van der Waals surface area (Å²) in [5.74, 6) is -2.45. The Bertz CT molecular complexity index is 1490. The SMILES string of the molecule is C[C@H]1O[C@@H](OC[C@@H]2O[C@H](Oc3c(-c4ccccc4O)oc4cc(O)cc(O)c4c3=O)[C@@H](O)[C@H](O)[C@H]2O)[C@H](O)[C@@H](O)[C@@H]1O. The number of phenols is 3. The van der Waals surface area contributed by atoms with Gasteiger partial charge in [-0.05, 0) is 19.1 Å². The first-order valence-electron chi connectivity index (χ1n) is 12.9. The van der Waals surface area contributed by atoms with Crippen LogP contribution in [0.25, 0.3) is 22.3 Å². The van der Waals surface area contributed by atoms with Crippen LogP contribution in [0, 0.1) is 0 Å². The average Bonchev–Trinajstić information content (AvgIpc) is 2.95. The van der Waals surface area contributed by atoms with Gasteiger partial charge >= 0.3 is 0 Å². The minimum Gasteiger partial charge on any atom is -0.508 e. The van der Waals surface area contributed by atoms with Crippen LogP contribution in [0.4, 0.5) is 0 Å². The third kappa shape index (κ3) is 5.37. The molecule has 9 N–H and O–H groups in total. The molecule has 228 valence electrons. The van der Waals surface area contributed by atoms with Gasteiger partial charge < -0.3 is 69.3 Å². The standard InChI is InChI=1S/C27H30O15/c1-9-17(31)20(34)22(36)26(39-9)38-8-15-18(32)21(35)23(37)27(41-15)42-25-19(33)16-13(30)6-10(28)7-14(16)40-24(25)11-4-2-3-5-12(11)29/h2-7,9,15,17-18,20-23,26-32,34-37H,8H2,1H3/t9-,15+,17-,18+,20+,21-,22-,23+,26-,27-/m1/s1. The fourth-order valence-electron chi connectivity index (χ4n) is 4.83. The third-order valence-corrected chi connectivity index (χ3v) is 7.20. The molecular weight excluding hydrogens is 564 g/mol. The second-order valence-corrected chi connectivity index (χ2v) is 10.1. The van der Waals surface area contributed by atoms with E-state index in [0.29, 0.717) is 0 Å². The Morgan fingerprint density at radius 2 is 1.45 bits per heavy atom. The maximum absolute atomic E-state index is 13.6. The highest BCUT2D eigenvalue weighted by Crippen LogP contribution is 2.40. The van der Waals surface area contributed by atoms with Gasteiger partial charge in [0.15, 0.2) is 12.1 Å². The number of rotatable bonds is 6. The Morgan fingerprint density at radius 3 is 2.17 bits per heavy atom. The van der Waals surface area contributed by atoms with Gasteiger partial charge in [-0.3, -0.25) is 4.79 Å². The second kappa shape index (κ2) is 11.6. The number of fused-ring (bicyclic) bond motifs is 1. The lowest BCUT2D eigenvalue weighted by Gasteiger charge is -2.42. The zero-order chi connectivity index (χ0) is 30.5. The summed E-state index contributed by atoms with van der Waals surface area (Å²) >= 11 is 0. The molecule has 2 aliphatic rings. The lowest BCUT2D eigenvalue weighted by molar-refractivity contribution is -0.318. The van der Waals surface area contributed by atoms with Crippen molar-refractivity contribution in [3.63, 3.8) is 0 Å². The van der Waals surface area contributed by atoms with E-state index < -0.39 is 96.1 Å². The molecule has 3 heterocycles. The molecule has 0 bridgehead atoms. The van der Waals surface area contributed by atoms with E-state index in [-0.39, 0.29) is 22.7 Å². The van der Waals surface area contributed by atoms with Crippen LogP contribution in [-0.4, -0.2) is 114 Å². The highest BCUT2D eigenvalue weighted by atomic mass is 16.7. The van der Waals surface area contributed by atoms with Crippen molar-refractivity contribution in [1.82, 2.24) is 0 Å². The van der Waals surface area contributed by atoms with Gasteiger partial charge in [-0.1, -0.05) is 12.1 Å². The third-order valence-electron chi connectivity index (χ3n) is 7.20. The van der Waals surface area contributed by atoms with Gasteiger partial charge in [0.05, 0.1) is 18.3 Å². The topological polar surface area (TPSA) is 249 Å². The van der Waals surface area contributed by atoms with Gasteiger partial charge in [-0.2, -0.15) is 0 Å². The van der Waals surface area contributed by atoms with Crippen LogP contribution >= 0.6 is 0 Å². The molecule has 2 fully saturated rings. The molecule has 2 aliphatic heterocycles. The Kier molecular flexibility index (Phi) is 8.30. The molecule has 2 aromatic carbocycles. The van der Waals surface area contributed by atoms with Crippen molar-refractivity contribution in [2.75, 3.05) is 6.61 Å². The van der Waals surface area contributed by atoms with Crippen LogP contribution in [-0.2, 0) is 14.2 Å². The summed E-state index contributed by atoms with van der Waals surface area (Å²) < 4.78 is 27.9. The van der Waals surface area contributed by atoms with E-state index >= 15 is 0 Å².